The van der Waals surface area contributed by atoms with Crippen molar-refractivity contribution in [2.75, 3.05) is 0 Å². The van der Waals surface area contributed by atoms with E-state index in [4.69, 9.17) is 16.0 Å². The zero-order chi connectivity index (χ0) is 14.0. The molecule has 1 aromatic heterocycles. The van der Waals surface area contributed by atoms with E-state index < -0.39 is 11.0 Å². The van der Waals surface area contributed by atoms with Crippen LogP contribution in [0, 0.1) is 10.1 Å². The summed E-state index contributed by atoms with van der Waals surface area (Å²) in [6.45, 7) is 1.84. The number of hydrogen-bond donors (Lipinski definition) is 1. The molecule has 0 aliphatic carbocycles. The van der Waals surface area contributed by atoms with Crippen LogP contribution in [-0.4, -0.2) is 10.0 Å². The summed E-state index contributed by atoms with van der Waals surface area (Å²) >= 11 is 5.84. The summed E-state index contributed by atoms with van der Waals surface area (Å²) in [4.78, 5) is 10.1. The van der Waals surface area contributed by atoms with E-state index in [9.17, 15) is 15.2 Å². The highest BCUT2D eigenvalue weighted by molar-refractivity contribution is 6.32. The number of aliphatic hydroxyl groups is 1. The molecule has 2 rings (SSSR count). The summed E-state index contributed by atoms with van der Waals surface area (Å²) in [6.07, 6.45) is -0.101. The summed E-state index contributed by atoms with van der Waals surface area (Å²) in [5.74, 6) is 0.978. The monoisotopic (exact) mass is 281 g/mol. The highest BCUT2D eigenvalue weighted by atomic mass is 35.5. The molecule has 1 heterocycles. The van der Waals surface area contributed by atoms with Crippen LogP contribution in [0.5, 0.6) is 0 Å². The summed E-state index contributed by atoms with van der Waals surface area (Å²) < 4.78 is 5.50. The molecule has 6 heteroatoms. The number of nitro benzene ring substituents is 1. The van der Waals surface area contributed by atoms with Gasteiger partial charge < -0.3 is 9.52 Å². The van der Waals surface area contributed by atoms with E-state index in [1.165, 1.54) is 12.1 Å². The Labute approximate surface area is 114 Å². The number of furan rings is 1. The van der Waals surface area contributed by atoms with Crippen molar-refractivity contribution in [3.63, 3.8) is 0 Å². The lowest BCUT2D eigenvalue weighted by atomic mass is 10.1. The highest BCUT2D eigenvalue weighted by Gasteiger charge is 2.15. The number of hydrogen-bond acceptors (Lipinski definition) is 4. The van der Waals surface area contributed by atoms with Gasteiger partial charge in [-0.3, -0.25) is 10.1 Å². The van der Waals surface area contributed by atoms with Crippen LogP contribution < -0.4 is 0 Å². The standard InChI is InChI=1S/C13H12ClNO4/c1-2-11(16)13-6-5-12(19-13)8-3-4-10(15(17)18)9(14)7-8/h3-7,11,16H,2H2,1H3. The summed E-state index contributed by atoms with van der Waals surface area (Å²) in [5.41, 5.74) is 0.482. The van der Waals surface area contributed by atoms with Crippen molar-refractivity contribution >= 4 is 17.3 Å². The molecule has 0 fully saturated rings. The van der Waals surface area contributed by atoms with Gasteiger partial charge in [0.1, 0.15) is 22.6 Å². The molecule has 1 atom stereocenters. The highest BCUT2D eigenvalue weighted by Crippen LogP contribution is 2.32. The lowest BCUT2D eigenvalue weighted by molar-refractivity contribution is -0.384. The summed E-state index contributed by atoms with van der Waals surface area (Å²) in [6, 6.07) is 7.74. The molecule has 0 saturated heterocycles. The molecule has 19 heavy (non-hydrogen) atoms. The van der Waals surface area contributed by atoms with Gasteiger partial charge in [0.15, 0.2) is 0 Å². The number of aliphatic hydroxyl groups excluding tert-OH is 1. The van der Waals surface area contributed by atoms with Gasteiger partial charge in [-0.05, 0) is 30.7 Å². The van der Waals surface area contributed by atoms with Gasteiger partial charge in [0, 0.05) is 11.6 Å². The Morgan fingerprint density at radius 2 is 2.16 bits per heavy atom. The van der Waals surface area contributed by atoms with Gasteiger partial charge in [-0.2, -0.15) is 0 Å². The first-order valence-corrected chi connectivity index (χ1v) is 6.12. The molecule has 0 aliphatic heterocycles. The lowest BCUT2D eigenvalue weighted by Gasteiger charge is -2.03. The molecule has 5 nitrogen and oxygen atoms in total. The maximum absolute atomic E-state index is 10.7. The Morgan fingerprint density at radius 3 is 2.74 bits per heavy atom. The molecule has 0 saturated carbocycles. The third-order valence-electron chi connectivity index (χ3n) is 2.77. The molecule has 2 aromatic rings. The van der Waals surface area contributed by atoms with E-state index in [0.717, 1.165) is 0 Å². The van der Waals surface area contributed by atoms with Crippen molar-refractivity contribution in [1.82, 2.24) is 0 Å². The van der Waals surface area contributed by atoms with Gasteiger partial charge in [0.05, 0.1) is 4.92 Å². The molecule has 0 bridgehead atoms. The van der Waals surface area contributed by atoms with E-state index >= 15 is 0 Å². The minimum absolute atomic E-state index is 0.0523. The van der Waals surface area contributed by atoms with Crippen LogP contribution in [0.3, 0.4) is 0 Å². The van der Waals surface area contributed by atoms with E-state index in [-0.39, 0.29) is 10.7 Å². The topological polar surface area (TPSA) is 76.5 Å². The lowest BCUT2D eigenvalue weighted by Crippen LogP contribution is -1.91. The van der Waals surface area contributed by atoms with Gasteiger partial charge in [0.25, 0.3) is 5.69 Å². The van der Waals surface area contributed by atoms with Gasteiger partial charge in [-0.1, -0.05) is 18.5 Å². The Hall–Kier alpha value is -1.85. The zero-order valence-corrected chi connectivity index (χ0v) is 10.9. The summed E-state index contributed by atoms with van der Waals surface area (Å²) in [7, 11) is 0. The summed E-state index contributed by atoms with van der Waals surface area (Å²) in [5, 5.41) is 20.4. The van der Waals surface area contributed by atoms with E-state index in [0.29, 0.717) is 23.5 Å². The van der Waals surface area contributed by atoms with Crippen LogP contribution in [0.15, 0.2) is 34.7 Å². The van der Waals surface area contributed by atoms with Gasteiger partial charge >= 0.3 is 0 Å². The average molecular weight is 282 g/mol. The molecule has 0 amide bonds. The van der Waals surface area contributed by atoms with Crippen molar-refractivity contribution < 1.29 is 14.4 Å². The van der Waals surface area contributed by atoms with Crippen LogP contribution in [0.25, 0.3) is 11.3 Å². The van der Waals surface area contributed by atoms with Gasteiger partial charge in [0.2, 0.25) is 0 Å². The molecular formula is C13H12ClNO4. The fourth-order valence-electron chi connectivity index (χ4n) is 1.70. The van der Waals surface area contributed by atoms with Crippen molar-refractivity contribution in [3.05, 3.63) is 51.2 Å². The Bertz CT molecular complexity index is 608. The largest absolute Gasteiger partial charge is 0.458 e. The number of nitrogens with zero attached hydrogens (tertiary/aromatic N) is 1. The third-order valence-corrected chi connectivity index (χ3v) is 3.07. The van der Waals surface area contributed by atoms with Crippen LogP contribution in [0.2, 0.25) is 5.02 Å². The molecule has 100 valence electrons. The van der Waals surface area contributed by atoms with Crippen molar-refractivity contribution in [2.24, 2.45) is 0 Å². The SMILES string of the molecule is CCC(O)c1ccc(-c2ccc([N+](=O)[O-])c(Cl)c2)o1. The number of nitro groups is 1. The van der Waals surface area contributed by atoms with Crippen molar-refractivity contribution in [2.45, 2.75) is 19.4 Å². The quantitative estimate of drug-likeness (QED) is 0.680. The number of benzene rings is 1. The Morgan fingerprint density at radius 1 is 1.42 bits per heavy atom. The first-order valence-electron chi connectivity index (χ1n) is 5.75. The maximum Gasteiger partial charge on any atom is 0.287 e. The molecule has 1 unspecified atom stereocenters. The minimum Gasteiger partial charge on any atom is -0.458 e. The second-order valence-electron chi connectivity index (χ2n) is 4.05. The van der Waals surface area contributed by atoms with Crippen LogP contribution in [0.1, 0.15) is 25.2 Å². The fraction of sp³-hybridized carbons (Fsp3) is 0.231. The van der Waals surface area contributed by atoms with Crippen molar-refractivity contribution in [1.29, 1.82) is 0 Å². The van der Waals surface area contributed by atoms with Crippen LogP contribution in [0.4, 0.5) is 5.69 Å². The molecule has 0 radical (unpaired) electrons. The smallest absolute Gasteiger partial charge is 0.287 e. The van der Waals surface area contributed by atoms with Gasteiger partial charge in [-0.15, -0.1) is 0 Å². The maximum atomic E-state index is 10.7. The molecule has 1 aromatic carbocycles. The van der Waals surface area contributed by atoms with Crippen LogP contribution >= 0.6 is 11.6 Å². The fourth-order valence-corrected chi connectivity index (χ4v) is 1.95. The van der Waals surface area contributed by atoms with Crippen molar-refractivity contribution in [3.8, 4) is 11.3 Å². The first-order chi connectivity index (χ1) is 9.02. The van der Waals surface area contributed by atoms with E-state index in [1.54, 1.807) is 18.2 Å². The van der Waals surface area contributed by atoms with E-state index in [2.05, 4.69) is 0 Å². The second kappa shape index (κ2) is 5.42. The van der Waals surface area contributed by atoms with Crippen LogP contribution in [-0.2, 0) is 0 Å². The Kier molecular flexibility index (Phi) is 3.87. The second-order valence-corrected chi connectivity index (χ2v) is 4.46. The predicted molar refractivity (Wildman–Crippen MR) is 71.1 cm³/mol. The normalized spacial score (nSPS) is 12.4. The van der Waals surface area contributed by atoms with E-state index in [1.807, 2.05) is 6.92 Å². The third kappa shape index (κ3) is 2.77. The first kappa shape index (κ1) is 13.6. The average Bonchev–Trinajstić information content (AvgIpc) is 2.86. The number of rotatable bonds is 4. The van der Waals surface area contributed by atoms with Gasteiger partial charge in [-0.25, -0.2) is 0 Å². The molecule has 0 spiro atoms. The molecule has 1 N–H and O–H groups in total. The molecule has 0 aliphatic rings. The predicted octanol–water partition coefficient (Wildman–Crippen LogP) is 3.95. The minimum atomic E-state index is -0.651. The zero-order valence-electron chi connectivity index (χ0n) is 10.2. The Balaban J connectivity index is 2.35. The number of halogens is 1. The molecular weight excluding hydrogens is 270 g/mol.